The minimum absolute atomic E-state index is 0.0457. The first-order valence-electron chi connectivity index (χ1n) is 6.81. The Hall–Kier alpha value is -2.81. The molecule has 5 nitrogen and oxygen atoms in total. The molecule has 0 saturated carbocycles. The van der Waals surface area contributed by atoms with Crippen LogP contribution in [0, 0.1) is 0 Å². The van der Waals surface area contributed by atoms with E-state index in [9.17, 15) is 26.4 Å². The highest BCUT2D eigenvalue weighted by molar-refractivity contribution is 7.87. The lowest BCUT2D eigenvalue weighted by Crippen LogP contribution is -2.17. The average molecular weight is 370 g/mol. The molecule has 1 aromatic heterocycles. The van der Waals surface area contributed by atoms with Crippen molar-refractivity contribution < 1.29 is 30.2 Å². The third-order valence-electron chi connectivity index (χ3n) is 3.26. The Morgan fingerprint density at radius 2 is 1.64 bits per heavy atom. The van der Waals surface area contributed by atoms with Crippen molar-refractivity contribution in [3.8, 4) is 5.75 Å². The molecule has 3 rings (SSSR count). The van der Waals surface area contributed by atoms with Gasteiger partial charge in [0, 0.05) is 17.5 Å². The lowest BCUT2D eigenvalue weighted by Gasteiger charge is -2.13. The molecule has 0 aliphatic carbocycles. The smallest absolute Gasteiger partial charge is 0.417 e. The standard InChI is InChI=1S/C16H9F3O5S/c17-16(18,19)12-3-1-2-4-14(12)25(21,22)24-11-7-5-10-6-8-15(20)23-13(10)9-11/h1-9H. The maximum atomic E-state index is 13.0. The maximum Gasteiger partial charge on any atom is 0.417 e. The number of hydrogen-bond acceptors (Lipinski definition) is 5. The second-order valence-corrected chi connectivity index (χ2v) is 6.50. The number of rotatable bonds is 3. The van der Waals surface area contributed by atoms with E-state index in [0.717, 1.165) is 24.3 Å². The Bertz CT molecular complexity index is 1100. The Morgan fingerprint density at radius 3 is 2.36 bits per heavy atom. The van der Waals surface area contributed by atoms with E-state index in [1.165, 1.54) is 24.3 Å². The van der Waals surface area contributed by atoms with E-state index in [1.54, 1.807) is 0 Å². The molecule has 25 heavy (non-hydrogen) atoms. The van der Waals surface area contributed by atoms with Gasteiger partial charge >= 0.3 is 21.9 Å². The second kappa shape index (κ2) is 5.92. The van der Waals surface area contributed by atoms with Gasteiger partial charge in [-0.3, -0.25) is 0 Å². The van der Waals surface area contributed by atoms with E-state index in [1.807, 2.05) is 0 Å². The van der Waals surface area contributed by atoms with Crippen molar-refractivity contribution in [3.63, 3.8) is 0 Å². The Labute approximate surface area is 139 Å². The van der Waals surface area contributed by atoms with Crippen molar-refractivity contribution in [1.29, 1.82) is 0 Å². The van der Waals surface area contributed by atoms with E-state index in [0.29, 0.717) is 11.5 Å². The molecule has 0 spiro atoms. The SMILES string of the molecule is O=c1ccc2ccc(OS(=O)(=O)c3ccccc3C(F)(F)F)cc2o1. The van der Waals surface area contributed by atoms with Gasteiger partial charge in [0.2, 0.25) is 0 Å². The summed E-state index contributed by atoms with van der Waals surface area (Å²) in [4.78, 5) is 10.2. The summed E-state index contributed by atoms with van der Waals surface area (Å²) < 4.78 is 73.2. The largest absolute Gasteiger partial charge is 0.423 e. The van der Waals surface area contributed by atoms with Gasteiger partial charge < -0.3 is 8.60 Å². The quantitative estimate of drug-likeness (QED) is 0.520. The van der Waals surface area contributed by atoms with Crippen LogP contribution in [0.25, 0.3) is 11.0 Å². The summed E-state index contributed by atoms with van der Waals surface area (Å²) in [5.41, 5.74) is -1.94. The lowest BCUT2D eigenvalue weighted by atomic mass is 10.2. The molecule has 0 unspecified atom stereocenters. The van der Waals surface area contributed by atoms with Gasteiger partial charge in [-0.15, -0.1) is 0 Å². The summed E-state index contributed by atoms with van der Waals surface area (Å²) in [6, 6.07) is 10.1. The third-order valence-corrected chi connectivity index (χ3v) is 4.57. The fourth-order valence-electron chi connectivity index (χ4n) is 2.18. The molecule has 1 heterocycles. The topological polar surface area (TPSA) is 73.6 Å². The molecular weight excluding hydrogens is 361 g/mol. The van der Waals surface area contributed by atoms with Crippen LogP contribution in [0.2, 0.25) is 0 Å². The monoisotopic (exact) mass is 370 g/mol. The molecule has 0 aliphatic heterocycles. The molecule has 0 saturated heterocycles. The first-order valence-corrected chi connectivity index (χ1v) is 8.22. The highest BCUT2D eigenvalue weighted by Gasteiger charge is 2.37. The molecule has 0 bridgehead atoms. The Kier molecular flexibility index (Phi) is 4.03. The minimum atomic E-state index is -4.86. The average Bonchev–Trinajstić information content (AvgIpc) is 2.53. The summed E-state index contributed by atoms with van der Waals surface area (Å²) in [7, 11) is -4.75. The number of alkyl halides is 3. The zero-order valence-corrected chi connectivity index (χ0v) is 13.1. The fraction of sp³-hybridized carbons (Fsp3) is 0.0625. The van der Waals surface area contributed by atoms with Crippen molar-refractivity contribution >= 4 is 21.1 Å². The van der Waals surface area contributed by atoms with Crippen molar-refractivity contribution in [2.24, 2.45) is 0 Å². The van der Waals surface area contributed by atoms with Crippen LogP contribution in [0.1, 0.15) is 5.56 Å². The van der Waals surface area contributed by atoms with Crippen LogP contribution in [0.15, 0.2) is 68.7 Å². The Balaban J connectivity index is 2.04. The van der Waals surface area contributed by atoms with Crippen LogP contribution in [0.4, 0.5) is 13.2 Å². The Morgan fingerprint density at radius 1 is 0.960 bits per heavy atom. The number of benzene rings is 2. The predicted molar refractivity (Wildman–Crippen MR) is 81.7 cm³/mol. The summed E-state index contributed by atoms with van der Waals surface area (Å²) in [5.74, 6) is -0.279. The number of hydrogen-bond donors (Lipinski definition) is 0. The van der Waals surface area contributed by atoms with Gasteiger partial charge in [0.15, 0.2) is 0 Å². The predicted octanol–water partition coefficient (Wildman–Crippen LogP) is 3.58. The molecular formula is C16H9F3O5S. The first-order chi connectivity index (χ1) is 11.7. The van der Waals surface area contributed by atoms with Crippen LogP contribution in [0.5, 0.6) is 5.75 Å². The van der Waals surface area contributed by atoms with Gasteiger partial charge in [0.1, 0.15) is 16.2 Å². The zero-order chi connectivity index (χ0) is 18.2. The van der Waals surface area contributed by atoms with Crippen LogP contribution < -0.4 is 9.81 Å². The maximum absolute atomic E-state index is 13.0. The molecule has 9 heteroatoms. The summed E-state index contributed by atoms with van der Waals surface area (Å²) in [6.45, 7) is 0. The molecule has 130 valence electrons. The van der Waals surface area contributed by atoms with Crippen molar-refractivity contribution in [3.05, 3.63) is 70.6 Å². The van der Waals surface area contributed by atoms with E-state index in [-0.39, 0.29) is 11.3 Å². The summed E-state index contributed by atoms with van der Waals surface area (Å²) in [5, 5.41) is 0.500. The van der Waals surface area contributed by atoms with Crippen molar-refractivity contribution in [2.75, 3.05) is 0 Å². The van der Waals surface area contributed by atoms with Gasteiger partial charge in [-0.05, 0) is 30.3 Å². The highest BCUT2D eigenvalue weighted by Crippen LogP contribution is 2.35. The molecule has 3 aromatic rings. The van der Waals surface area contributed by atoms with Crippen LogP contribution in [-0.4, -0.2) is 8.42 Å². The third kappa shape index (κ3) is 3.50. The molecule has 0 aliphatic rings. The highest BCUT2D eigenvalue weighted by atomic mass is 32.2. The van der Waals surface area contributed by atoms with Crippen LogP contribution >= 0.6 is 0 Å². The summed E-state index contributed by atoms with van der Waals surface area (Å²) >= 11 is 0. The number of halogens is 3. The van der Waals surface area contributed by atoms with Gasteiger partial charge in [0.05, 0.1) is 5.56 Å². The molecule has 0 amide bonds. The molecule has 0 atom stereocenters. The van der Waals surface area contributed by atoms with E-state index < -0.39 is 32.4 Å². The fourth-order valence-corrected chi connectivity index (χ4v) is 3.33. The van der Waals surface area contributed by atoms with Crippen LogP contribution in [-0.2, 0) is 16.3 Å². The molecule has 2 aromatic carbocycles. The first kappa shape index (κ1) is 17.0. The molecule has 0 N–H and O–H groups in total. The molecule has 0 radical (unpaired) electrons. The van der Waals surface area contributed by atoms with E-state index in [4.69, 9.17) is 8.60 Å². The van der Waals surface area contributed by atoms with Crippen molar-refractivity contribution in [2.45, 2.75) is 11.1 Å². The van der Waals surface area contributed by atoms with E-state index in [2.05, 4.69) is 0 Å². The lowest BCUT2D eigenvalue weighted by molar-refractivity contribution is -0.139. The second-order valence-electron chi connectivity index (χ2n) is 4.99. The van der Waals surface area contributed by atoms with Crippen molar-refractivity contribution in [1.82, 2.24) is 0 Å². The van der Waals surface area contributed by atoms with Gasteiger partial charge in [-0.1, -0.05) is 12.1 Å². The minimum Gasteiger partial charge on any atom is -0.423 e. The van der Waals surface area contributed by atoms with Crippen LogP contribution in [0.3, 0.4) is 0 Å². The van der Waals surface area contributed by atoms with Gasteiger partial charge in [0.25, 0.3) is 0 Å². The normalized spacial score (nSPS) is 12.3. The number of fused-ring (bicyclic) bond motifs is 1. The van der Waals surface area contributed by atoms with Gasteiger partial charge in [-0.25, -0.2) is 4.79 Å². The van der Waals surface area contributed by atoms with E-state index >= 15 is 0 Å². The molecule has 0 fully saturated rings. The van der Waals surface area contributed by atoms with Gasteiger partial charge in [-0.2, -0.15) is 21.6 Å². The summed E-state index contributed by atoms with van der Waals surface area (Å²) in [6.07, 6.45) is -4.86. The zero-order valence-electron chi connectivity index (χ0n) is 12.3.